The van der Waals surface area contributed by atoms with Crippen molar-refractivity contribution in [1.82, 2.24) is 9.88 Å². The van der Waals surface area contributed by atoms with Gasteiger partial charge < -0.3 is 9.88 Å². The van der Waals surface area contributed by atoms with E-state index in [0.29, 0.717) is 34.3 Å². The Bertz CT molecular complexity index is 1080. The first kappa shape index (κ1) is 20.0. The molecule has 1 aromatic heterocycles. The summed E-state index contributed by atoms with van der Waals surface area (Å²) in [6.45, 7) is 4.39. The summed E-state index contributed by atoms with van der Waals surface area (Å²) in [5, 5.41) is 13.5. The minimum atomic E-state index is -0.299. The van der Waals surface area contributed by atoms with Crippen LogP contribution in [0.25, 0.3) is 5.69 Å². The molecule has 28 heavy (non-hydrogen) atoms. The van der Waals surface area contributed by atoms with Crippen molar-refractivity contribution in [3.63, 3.8) is 0 Å². The van der Waals surface area contributed by atoms with Crippen LogP contribution in [0.15, 0.2) is 48.7 Å². The molecule has 0 atom stereocenters. The molecule has 1 amide bonds. The topological polar surface area (TPSA) is 57.8 Å². The summed E-state index contributed by atoms with van der Waals surface area (Å²) in [6.07, 6.45) is 2.31. The van der Waals surface area contributed by atoms with E-state index in [1.807, 2.05) is 38.1 Å². The molecule has 4 nitrogen and oxygen atoms in total. The molecule has 3 rings (SSSR count). The predicted molar refractivity (Wildman–Crippen MR) is 112 cm³/mol. The molecule has 0 bridgehead atoms. The number of nitrogens with zero attached hydrogens (tertiary/aromatic N) is 2. The number of carbonyl (C=O) groups is 1. The van der Waals surface area contributed by atoms with Crippen molar-refractivity contribution in [3.05, 3.63) is 86.7 Å². The molecule has 6 heteroatoms. The van der Waals surface area contributed by atoms with E-state index in [9.17, 15) is 10.1 Å². The van der Waals surface area contributed by atoms with Crippen LogP contribution in [-0.4, -0.2) is 17.0 Å². The maximum atomic E-state index is 12.8. The molecule has 0 saturated carbocycles. The highest BCUT2D eigenvalue weighted by atomic mass is 35.5. The normalized spacial score (nSPS) is 10.5. The third-order valence-corrected chi connectivity index (χ3v) is 5.12. The van der Waals surface area contributed by atoms with E-state index in [4.69, 9.17) is 23.2 Å². The van der Waals surface area contributed by atoms with Gasteiger partial charge in [0.05, 0.1) is 5.56 Å². The molecule has 1 heterocycles. The number of hydrogen-bond acceptors (Lipinski definition) is 2. The van der Waals surface area contributed by atoms with Gasteiger partial charge in [0.1, 0.15) is 11.8 Å². The fourth-order valence-corrected chi connectivity index (χ4v) is 3.65. The zero-order chi connectivity index (χ0) is 20.3. The van der Waals surface area contributed by atoms with Crippen molar-refractivity contribution in [3.8, 4) is 11.8 Å². The third kappa shape index (κ3) is 4.22. The van der Waals surface area contributed by atoms with E-state index in [-0.39, 0.29) is 5.91 Å². The van der Waals surface area contributed by atoms with Crippen molar-refractivity contribution >= 4 is 29.1 Å². The summed E-state index contributed by atoms with van der Waals surface area (Å²) in [6, 6.07) is 15.0. The van der Waals surface area contributed by atoms with Gasteiger partial charge in [-0.3, -0.25) is 4.79 Å². The average molecular weight is 412 g/mol. The van der Waals surface area contributed by atoms with Crippen LogP contribution in [0.2, 0.25) is 10.0 Å². The van der Waals surface area contributed by atoms with Crippen molar-refractivity contribution in [2.24, 2.45) is 0 Å². The van der Waals surface area contributed by atoms with Crippen LogP contribution in [0.5, 0.6) is 0 Å². The van der Waals surface area contributed by atoms with Crippen LogP contribution in [0, 0.1) is 25.2 Å². The lowest BCUT2D eigenvalue weighted by atomic mass is 10.1. The molecule has 0 spiro atoms. The largest absolute Gasteiger partial charge is 0.350 e. The van der Waals surface area contributed by atoms with Crippen LogP contribution in [0.1, 0.15) is 32.7 Å². The molecule has 1 N–H and O–H groups in total. The molecule has 2 aromatic carbocycles. The number of hydrogen-bond donors (Lipinski definition) is 1. The van der Waals surface area contributed by atoms with Crippen LogP contribution < -0.4 is 5.32 Å². The van der Waals surface area contributed by atoms with E-state index >= 15 is 0 Å². The maximum absolute atomic E-state index is 12.8. The minimum Gasteiger partial charge on any atom is -0.350 e. The summed E-state index contributed by atoms with van der Waals surface area (Å²) in [5.41, 5.74) is 4.61. The first-order valence-electron chi connectivity index (χ1n) is 8.82. The van der Waals surface area contributed by atoms with Gasteiger partial charge in [0.25, 0.3) is 5.91 Å². The molecule has 0 saturated heterocycles. The molecule has 0 aliphatic rings. The number of aromatic nitrogens is 1. The molecule has 0 fully saturated rings. The van der Waals surface area contributed by atoms with Gasteiger partial charge in [0.2, 0.25) is 0 Å². The minimum absolute atomic E-state index is 0.299. The number of benzene rings is 2. The molecule has 0 aliphatic carbocycles. The molecular formula is C22H19Cl2N3O. The zero-order valence-electron chi connectivity index (χ0n) is 15.6. The van der Waals surface area contributed by atoms with E-state index in [2.05, 4.69) is 11.4 Å². The highest BCUT2D eigenvalue weighted by Gasteiger charge is 2.19. The van der Waals surface area contributed by atoms with Crippen LogP contribution in [0.4, 0.5) is 0 Å². The lowest BCUT2D eigenvalue weighted by molar-refractivity contribution is 0.0947. The number of amides is 1. The summed E-state index contributed by atoms with van der Waals surface area (Å²) >= 11 is 12.1. The summed E-state index contributed by atoms with van der Waals surface area (Å²) in [5.74, 6) is -0.299. The zero-order valence-corrected chi connectivity index (χ0v) is 17.1. The summed E-state index contributed by atoms with van der Waals surface area (Å²) in [4.78, 5) is 12.8. The van der Waals surface area contributed by atoms with E-state index in [1.165, 1.54) is 0 Å². The Balaban J connectivity index is 1.81. The van der Waals surface area contributed by atoms with E-state index in [1.54, 1.807) is 29.0 Å². The Labute approximate surface area is 174 Å². The second-order valence-electron chi connectivity index (χ2n) is 6.59. The van der Waals surface area contributed by atoms with Crippen LogP contribution >= 0.6 is 23.2 Å². The van der Waals surface area contributed by atoms with E-state index in [0.717, 1.165) is 22.4 Å². The van der Waals surface area contributed by atoms with Gasteiger partial charge in [-0.15, -0.1) is 0 Å². The van der Waals surface area contributed by atoms with Gasteiger partial charge >= 0.3 is 0 Å². The molecule has 0 aliphatic heterocycles. The monoisotopic (exact) mass is 411 g/mol. The number of halogens is 2. The lowest BCUT2D eigenvalue weighted by Crippen LogP contribution is -2.28. The van der Waals surface area contributed by atoms with Crippen molar-refractivity contribution in [2.75, 3.05) is 6.54 Å². The summed E-state index contributed by atoms with van der Waals surface area (Å²) in [7, 11) is 0. The standard InChI is InChI=1S/C22H19Cl2N3O/c1-14-3-6-20(15(2)11-14)27-10-8-17(13-25)21(27)22(28)26-9-7-16-4-5-18(23)12-19(16)24/h3-6,8,10-12H,7,9H2,1-2H3,(H,26,28). The van der Waals surface area contributed by atoms with Gasteiger partial charge in [-0.05, 0) is 55.7 Å². The Kier molecular flexibility index (Phi) is 6.08. The fourth-order valence-electron chi connectivity index (χ4n) is 3.15. The van der Waals surface area contributed by atoms with Gasteiger partial charge in [-0.2, -0.15) is 5.26 Å². The van der Waals surface area contributed by atoms with Crippen molar-refractivity contribution < 1.29 is 4.79 Å². The van der Waals surface area contributed by atoms with Crippen LogP contribution in [0.3, 0.4) is 0 Å². The Morgan fingerprint density at radius 1 is 1.14 bits per heavy atom. The third-order valence-electron chi connectivity index (χ3n) is 4.53. The molecule has 0 radical (unpaired) electrons. The number of carbonyl (C=O) groups excluding carboxylic acids is 1. The molecule has 3 aromatic rings. The number of aryl methyl sites for hydroxylation is 2. The molecule has 0 unspecified atom stereocenters. The van der Waals surface area contributed by atoms with Gasteiger partial charge in [-0.25, -0.2) is 0 Å². The Morgan fingerprint density at radius 3 is 2.61 bits per heavy atom. The first-order chi connectivity index (χ1) is 13.4. The van der Waals surface area contributed by atoms with E-state index < -0.39 is 0 Å². The van der Waals surface area contributed by atoms with Gasteiger partial charge in [0, 0.05) is 28.5 Å². The van der Waals surface area contributed by atoms with Crippen molar-refractivity contribution in [1.29, 1.82) is 5.26 Å². The van der Waals surface area contributed by atoms with Crippen LogP contribution in [-0.2, 0) is 6.42 Å². The second-order valence-corrected chi connectivity index (χ2v) is 7.44. The maximum Gasteiger partial charge on any atom is 0.269 e. The smallest absolute Gasteiger partial charge is 0.269 e. The molecule has 142 valence electrons. The highest BCUT2D eigenvalue weighted by Crippen LogP contribution is 2.22. The molecular weight excluding hydrogens is 393 g/mol. The number of nitrogens with one attached hydrogen (secondary N) is 1. The lowest BCUT2D eigenvalue weighted by Gasteiger charge is -2.13. The predicted octanol–water partition coefficient (Wildman–Crippen LogP) is 5.25. The van der Waals surface area contributed by atoms with Crippen molar-refractivity contribution in [2.45, 2.75) is 20.3 Å². The quantitative estimate of drug-likeness (QED) is 0.623. The highest BCUT2D eigenvalue weighted by molar-refractivity contribution is 6.35. The number of rotatable bonds is 5. The van der Waals surface area contributed by atoms with Gasteiger partial charge in [0.15, 0.2) is 0 Å². The van der Waals surface area contributed by atoms with Gasteiger partial charge in [-0.1, -0.05) is 47.0 Å². The SMILES string of the molecule is Cc1ccc(-n2ccc(C#N)c2C(=O)NCCc2ccc(Cl)cc2Cl)c(C)c1. The second kappa shape index (κ2) is 8.52. The number of nitriles is 1. The summed E-state index contributed by atoms with van der Waals surface area (Å²) < 4.78 is 1.76. The first-order valence-corrected chi connectivity index (χ1v) is 9.57. The Hall–Kier alpha value is -2.74. The Morgan fingerprint density at radius 2 is 1.93 bits per heavy atom. The average Bonchev–Trinajstić information content (AvgIpc) is 3.07. The fraction of sp³-hybridized carbons (Fsp3) is 0.182.